The Morgan fingerprint density at radius 2 is 1.75 bits per heavy atom. The van der Waals surface area contributed by atoms with E-state index in [2.05, 4.69) is 31.8 Å². The second-order valence-electron chi connectivity index (χ2n) is 6.60. The summed E-state index contributed by atoms with van der Waals surface area (Å²) >= 11 is 9.17. The lowest BCUT2D eigenvalue weighted by Gasteiger charge is -2.08. The zero-order valence-electron chi connectivity index (χ0n) is 16.8. The first-order chi connectivity index (χ1) is 15.3. The molecule has 162 valence electrons. The summed E-state index contributed by atoms with van der Waals surface area (Å²) in [6, 6.07) is 18.2. The molecule has 0 bridgehead atoms. The van der Waals surface area contributed by atoms with Crippen molar-refractivity contribution in [1.82, 2.24) is 5.43 Å². The molecule has 0 heterocycles. The maximum absolute atomic E-state index is 12.4. The van der Waals surface area contributed by atoms with Crippen LogP contribution in [0, 0.1) is 6.92 Å². The van der Waals surface area contributed by atoms with Gasteiger partial charge in [0, 0.05) is 20.7 Å². The van der Waals surface area contributed by atoms with Crippen LogP contribution in [0.1, 0.15) is 21.5 Å². The first kappa shape index (κ1) is 23.2. The number of anilines is 1. The van der Waals surface area contributed by atoms with Gasteiger partial charge < -0.3 is 10.1 Å². The topological polar surface area (TPSA) is 96.9 Å². The number of benzene rings is 3. The van der Waals surface area contributed by atoms with Crippen molar-refractivity contribution < 1.29 is 19.1 Å². The molecular weight excluding hydrogens is 498 g/mol. The van der Waals surface area contributed by atoms with Crippen molar-refractivity contribution in [1.29, 1.82) is 0 Å². The summed E-state index contributed by atoms with van der Waals surface area (Å²) in [5.41, 5.74) is 4.32. The van der Waals surface area contributed by atoms with E-state index in [4.69, 9.17) is 16.3 Å². The number of ether oxygens (including phenoxy) is 1. The largest absolute Gasteiger partial charge is 0.422 e. The van der Waals surface area contributed by atoms with Gasteiger partial charge in [-0.05, 0) is 67.1 Å². The van der Waals surface area contributed by atoms with Gasteiger partial charge in [-0.25, -0.2) is 10.2 Å². The van der Waals surface area contributed by atoms with Gasteiger partial charge in [0.05, 0.1) is 11.8 Å². The van der Waals surface area contributed by atoms with Gasteiger partial charge >= 0.3 is 17.8 Å². The molecule has 0 aliphatic heterocycles. The maximum Gasteiger partial charge on any atom is 0.343 e. The van der Waals surface area contributed by atoms with E-state index in [0.29, 0.717) is 26.3 Å². The summed E-state index contributed by atoms with van der Waals surface area (Å²) in [5, 5.41) is 6.79. The van der Waals surface area contributed by atoms with Gasteiger partial charge in [-0.3, -0.25) is 9.59 Å². The van der Waals surface area contributed by atoms with E-state index in [9.17, 15) is 14.4 Å². The molecule has 0 fully saturated rings. The van der Waals surface area contributed by atoms with Crippen molar-refractivity contribution in [3.05, 3.63) is 92.9 Å². The second-order valence-corrected chi connectivity index (χ2v) is 7.95. The first-order valence-electron chi connectivity index (χ1n) is 9.30. The minimum atomic E-state index is -0.947. The molecule has 0 radical (unpaired) electrons. The monoisotopic (exact) mass is 513 g/mol. The van der Waals surface area contributed by atoms with Crippen LogP contribution in [0.5, 0.6) is 5.75 Å². The van der Waals surface area contributed by atoms with Crippen molar-refractivity contribution >= 4 is 57.2 Å². The van der Waals surface area contributed by atoms with Crippen LogP contribution < -0.4 is 15.5 Å². The zero-order valence-corrected chi connectivity index (χ0v) is 19.1. The first-order valence-corrected chi connectivity index (χ1v) is 10.5. The number of carbonyl (C=O) groups excluding carboxylic acids is 3. The molecule has 0 saturated heterocycles. The molecular formula is C23H17BrClN3O4. The Kier molecular flexibility index (Phi) is 7.75. The Morgan fingerprint density at radius 3 is 2.47 bits per heavy atom. The van der Waals surface area contributed by atoms with Crippen molar-refractivity contribution in [3.8, 4) is 5.75 Å². The predicted octanol–water partition coefficient (Wildman–Crippen LogP) is 4.72. The molecule has 0 saturated carbocycles. The van der Waals surface area contributed by atoms with E-state index in [1.54, 1.807) is 60.7 Å². The van der Waals surface area contributed by atoms with Gasteiger partial charge in [0.25, 0.3) is 0 Å². The summed E-state index contributed by atoms with van der Waals surface area (Å²) in [4.78, 5) is 36.4. The third-order valence-corrected chi connectivity index (χ3v) is 4.85. The molecule has 0 spiro atoms. The molecule has 7 nitrogen and oxygen atoms in total. The van der Waals surface area contributed by atoms with Gasteiger partial charge in [0.2, 0.25) is 0 Å². The number of esters is 1. The number of rotatable bonds is 5. The van der Waals surface area contributed by atoms with Crippen LogP contribution >= 0.6 is 27.5 Å². The van der Waals surface area contributed by atoms with Crippen LogP contribution in [0.2, 0.25) is 5.02 Å². The lowest BCUT2D eigenvalue weighted by atomic mass is 10.2. The van der Waals surface area contributed by atoms with Crippen LogP contribution in [0.25, 0.3) is 0 Å². The summed E-state index contributed by atoms with van der Waals surface area (Å²) < 4.78 is 6.14. The van der Waals surface area contributed by atoms with E-state index in [0.717, 1.165) is 5.56 Å². The van der Waals surface area contributed by atoms with Gasteiger partial charge in [-0.2, -0.15) is 5.10 Å². The summed E-state index contributed by atoms with van der Waals surface area (Å²) in [6.07, 6.45) is 1.27. The molecule has 3 aromatic carbocycles. The van der Waals surface area contributed by atoms with Gasteiger partial charge in [0.15, 0.2) is 0 Å². The Hall–Kier alpha value is -3.49. The van der Waals surface area contributed by atoms with Crippen LogP contribution in [-0.2, 0) is 9.59 Å². The van der Waals surface area contributed by atoms with Crippen molar-refractivity contribution in [2.24, 2.45) is 5.10 Å². The average molecular weight is 515 g/mol. The molecule has 0 unspecified atom stereocenters. The van der Waals surface area contributed by atoms with E-state index >= 15 is 0 Å². The highest BCUT2D eigenvalue weighted by Crippen LogP contribution is 2.23. The number of carbonyl (C=O) groups is 3. The summed E-state index contributed by atoms with van der Waals surface area (Å²) in [6.45, 7) is 1.87. The molecule has 0 atom stereocenters. The van der Waals surface area contributed by atoms with Gasteiger partial charge in [-0.15, -0.1) is 0 Å². The van der Waals surface area contributed by atoms with Crippen LogP contribution in [0.15, 0.2) is 76.3 Å². The lowest BCUT2D eigenvalue weighted by Crippen LogP contribution is -2.32. The highest BCUT2D eigenvalue weighted by molar-refractivity contribution is 9.10. The van der Waals surface area contributed by atoms with Gasteiger partial charge in [0.1, 0.15) is 5.75 Å². The highest BCUT2D eigenvalue weighted by atomic mass is 79.9. The minimum Gasteiger partial charge on any atom is -0.422 e. The lowest BCUT2D eigenvalue weighted by molar-refractivity contribution is -0.136. The molecule has 0 aliphatic rings. The fourth-order valence-electron chi connectivity index (χ4n) is 2.58. The molecule has 2 N–H and O–H groups in total. The Morgan fingerprint density at radius 1 is 1.00 bits per heavy atom. The van der Waals surface area contributed by atoms with E-state index in [1.807, 2.05) is 13.0 Å². The van der Waals surface area contributed by atoms with Crippen molar-refractivity contribution in [2.75, 3.05) is 5.32 Å². The van der Waals surface area contributed by atoms with Crippen LogP contribution in [0.3, 0.4) is 0 Å². The molecule has 3 rings (SSSR count). The zero-order chi connectivity index (χ0) is 23.1. The Balaban J connectivity index is 1.66. The molecule has 3 aromatic rings. The second kappa shape index (κ2) is 10.7. The van der Waals surface area contributed by atoms with Crippen molar-refractivity contribution in [3.63, 3.8) is 0 Å². The fourth-order valence-corrected chi connectivity index (χ4v) is 3.08. The Bertz CT molecular complexity index is 1200. The number of nitrogens with one attached hydrogen (secondary N) is 2. The maximum atomic E-state index is 12.4. The number of amides is 2. The third-order valence-electron chi connectivity index (χ3n) is 4.11. The smallest absolute Gasteiger partial charge is 0.343 e. The number of aryl methyl sites for hydroxylation is 1. The number of nitrogens with zero attached hydrogens (tertiary/aromatic N) is 1. The van der Waals surface area contributed by atoms with E-state index in [-0.39, 0.29) is 5.75 Å². The molecule has 9 heteroatoms. The molecule has 2 amide bonds. The highest BCUT2D eigenvalue weighted by Gasteiger charge is 2.14. The Labute approximate surface area is 197 Å². The number of hydrogen-bond donors (Lipinski definition) is 2. The summed E-state index contributed by atoms with van der Waals surface area (Å²) in [7, 11) is 0. The number of hydrazone groups is 1. The molecule has 0 aromatic heterocycles. The number of hydrogen-bond acceptors (Lipinski definition) is 5. The SMILES string of the molecule is Cc1cccc(NC(=O)C(=O)N/N=C/c2cc(Br)ccc2OC(=O)c2ccc(Cl)cc2)c1. The number of halogens is 2. The normalized spacial score (nSPS) is 10.6. The van der Waals surface area contributed by atoms with Crippen molar-refractivity contribution in [2.45, 2.75) is 6.92 Å². The molecule has 0 aliphatic carbocycles. The van der Waals surface area contributed by atoms with Crippen LogP contribution in [0.4, 0.5) is 5.69 Å². The van der Waals surface area contributed by atoms with Gasteiger partial charge in [-0.1, -0.05) is 39.7 Å². The van der Waals surface area contributed by atoms with E-state index < -0.39 is 17.8 Å². The molecule has 32 heavy (non-hydrogen) atoms. The summed E-state index contributed by atoms with van der Waals surface area (Å²) in [5.74, 6) is -2.18. The quantitative estimate of drug-likeness (QED) is 0.169. The fraction of sp³-hybridized carbons (Fsp3) is 0.0435. The third kappa shape index (κ3) is 6.50. The average Bonchev–Trinajstić information content (AvgIpc) is 2.75. The van der Waals surface area contributed by atoms with Crippen LogP contribution in [-0.4, -0.2) is 24.0 Å². The standard InChI is InChI=1S/C23H17BrClN3O4/c1-14-3-2-4-19(11-14)27-21(29)22(30)28-26-13-16-12-17(24)7-10-20(16)32-23(31)15-5-8-18(25)9-6-15/h2-13H,1H3,(H,27,29)(H,28,30)/b26-13+. The van der Waals surface area contributed by atoms with E-state index in [1.165, 1.54) is 6.21 Å². The minimum absolute atomic E-state index is 0.218. The predicted molar refractivity (Wildman–Crippen MR) is 126 cm³/mol.